The van der Waals surface area contributed by atoms with E-state index in [1.54, 1.807) is 13.0 Å². The van der Waals surface area contributed by atoms with Gasteiger partial charge in [-0.25, -0.2) is 0 Å². The number of carbonyl (C=O) groups is 1. The van der Waals surface area contributed by atoms with Crippen LogP contribution < -0.4 is 10.1 Å². The summed E-state index contributed by atoms with van der Waals surface area (Å²) in [5.74, 6) is -0.618. The van der Waals surface area contributed by atoms with Crippen LogP contribution in [0.15, 0.2) is 42.5 Å². The summed E-state index contributed by atoms with van der Waals surface area (Å²) >= 11 is 0. The lowest BCUT2D eigenvalue weighted by atomic mass is 10.1. The maximum Gasteiger partial charge on any atom is 0.310 e. The summed E-state index contributed by atoms with van der Waals surface area (Å²) in [4.78, 5) is 32.9. The highest BCUT2D eigenvalue weighted by Crippen LogP contribution is 2.27. The monoisotopic (exact) mass is 345 g/mol. The molecule has 0 radical (unpaired) electrons. The van der Waals surface area contributed by atoms with E-state index in [0.717, 1.165) is 0 Å². The van der Waals surface area contributed by atoms with Crippen molar-refractivity contribution in [1.82, 2.24) is 0 Å². The molecule has 1 N–H and O–H groups in total. The van der Waals surface area contributed by atoms with E-state index in [9.17, 15) is 25.0 Å². The third-order valence-corrected chi connectivity index (χ3v) is 3.42. The first-order chi connectivity index (χ1) is 11.8. The summed E-state index contributed by atoms with van der Waals surface area (Å²) < 4.78 is 5.37. The Kier molecular flexibility index (Phi) is 5.28. The lowest BCUT2D eigenvalue weighted by molar-refractivity contribution is -0.386. The summed E-state index contributed by atoms with van der Waals surface area (Å²) in [5.41, 5.74) is 0.496. The first-order valence-corrected chi connectivity index (χ1v) is 7.25. The number of carbonyl (C=O) groups excluding carboxylic acids is 1. The molecule has 0 bridgehead atoms. The molecule has 0 heterocycles. The molecule has 2 aromatic carbocycles. The van der Waals surface area contributed by atoms with Crippen molar-refractivity contribution in [1.29, 1.82) is 0 Å². The van der Waals surface area contributed by atoms with E-state index >= 15 is 0 Å². The zero-order chi connectivity index (χ0) is 18.6. The van der Waals surface area contributed by atoms with Crippen molar-refractivity contribution in [2.24, 2.45) is 0 Å². The van der Waals surface area contributed by atoms with Crippen LogP contribution in [0.4, 0.5) is 17.1 Å². The van der Waals surface area contributed by atoms with Crippen LogP contribution in [-0.4, -0.2) is 21.9 Å². The number of para-hydroxylation sites is 2. The minimum Gasteiger partial charge on any atom is -0.474 e. The fourth-order valence-electron chi connectivity index (χ4n) is 2.04. The highest BCUT2D eigenvalue weighted by molar-refractivity contribution is 5.95. The Morgan fingerprint density at radius 1 is 1.12 bits per heavy atom. The summed E-state index contributed by atoms with van der Waals surface area (Å²) in [6.07, 6.45) is -1.04. The fourth-order valence-corrected chi connectivity index (χ4v) is 2.04. The first kappa shape index (κ1) is 17.9. The van der Waals surface area contributed by atoms with Gasteiger partial charge in [-0.1, -0.05) is 18.2 Å². The number of nitro groups is 2. The fraction of sp³-hybridized carbons (Fsp3) is 0.188. The largest absolute Gasteiger partial charge is 0.474 e. The number of rotatable bonds is 6. The summed E-state index contributed by atoms with van der Waals surface area (Å²) in [7, 11) is 0. The molecule has 9 nitrogen and oxygen atoms in total. The molecule has 0 saturated heterocycles. The second-order valence-electron chi connectivity index (χ2n) is 5.23. The molecule has 0 unspecified atom stereocenters. The Hall–Kier alpha value is -3.49. The Labute approximate surface area is 142 Å². The average Bonchev–Trinajstić information content (AvgIpc) is 2.56. The normalized spacial score (nSPS) is 11.4. The van der Waals surface area contributed by atoms with Crippen molar-refractivity contribution in [3.63, 3.8) is 0 Å². The van der Waals surface area contributed by atoms with Gasteiger partial charge in [0.1, 0.15) is 0 Å². The molecule has 0 aliphatic carbocycles. The van der Waals surface area contributed by atoms with Gasteiger partial charge >= 0.3 is 5.69 Å². The number of non-ortho nitro benzene ring substituents is 1. The van der Waals surface area contributed by atoms with Crippen LogP contribution in [-0.2, 0) is 4.79 Å². The minimum absolute atomic E-state index is 0.0362. The molecule has 0 saturated carbocycles. The number of ether oxygens (including phenoxy) is 1. The number of anilines is 1. The maximum absolute atomic E-state index is 12.3. The number of nitro benzene ring substituents is 2. The molecule has 1 atom stereocenters. The Balaban J connectivity index is 2.15. The summed E-state index contributed by atoms with van der Waals surface area (Å²) in [6, 6.07) is 9.79. The number of nitrogens with one attached hydrogen (secondary N) is 1. The van der Waals surface area contributed by atoms with Gasteiger partial charge in [-0.05, 0) is 25.5 Å². The van der Waals surface area contributed by atoms with Crippen LogP contribution >= 0.6 is 0 Å². The number of aryl methyl sites for hydroxylation is 1. The molecular weight excluding hydrogens is 330 g/mol. The first-order valence-electron chi connectivity index (χ1n) is 7.25. The number of nitrogens with zero attached hydrogens (tertiary/aromatic N) is 2. The predicted octanol–water partition coefficient (Wildman–Crippen LogP) is 3.22. The van der Waals surface area contributed by atoms with Gasteiger partial charge in [-0.2, -0.15) is 0 Å². The molecular formula is C16H15N3O6. The second kappa shape index (κ2) is 7.39. The van der Waals surface area contributed by atoms with E-state index < -0.39 is 21.9 Å². The topological polar surface area (TPSA) is 125 Å². The highest BCUT2D eigenvalue weighted by atomic mass is 16.6. The third kappa shape index (κ3) is 4.28. The molecule has 0 fully saturated rings. The van der Waals surface area contributed by atoms with Crippen molar-refractivity contribution >= 4 is 23.0 Å². The van der Waals surface area contributed by atoms with E-state index in [1.807, 2.05) is 0 Å². The van der Waals surface area contributed by atoms with Gasteiger partial charge < -0.3 is 10.1 Å². The molecule has 9 heteroatoms. The number of benzene rings is 2. The third-order valence-electron chi connectivity index (χ3n) is 3.42. The van der Waals surface area contributed by atoms with Crippen LogP contribution in [0.1, 0.15) is 12.5 Å². The van der Waals surface area contributed by atoms with Crippen LogP contribution in [0.5, 0.6) is 5.75 Å². The quantitative estimate of drug-likeness (QED) is 0.633. The lowest BCUT2D eigenvalue weighted by Crippen LogP contribution is -2.30. The van der Waals surface area contributed by atoms with Crippen molar-refractivity contribution in [2.75, 3.05) is 5.32 Å². The van der Waals surface area contributed by atoms with E-state index in [0.29, 0.717) is 5.56 Å². The molecule has 2 aromatic rings. The Morgan fingerprint density at radius 3 is 2.44 bits per heavy atom. The van der Waals surface area contributed by atoms with Crippen molar-refractivity contribution < 1.29 is 19.4 Å². The number of amides is 1. The summed E-state index contributed by atoms with van der Waals surface area (Å²) in [6.45, 7) is 3.12. The van der Waals surface area contributed by atoms with Gasteiger partial charge in [0.2, 0.25) is 0 Å². The Bertz CT molecular complexity index is 836. The van der Waals surface area contributed by atoms with Gasteiger partial charge in [0, 0.05) is 18.2 Å². The molecule has 0 aliphatic rings. The van der Waals surface area contributed by atoms with Crippen LogP contribution in [0.25, 0.3) is 0 Å². The molecule has 0 spiro atoms. The zero-order valence-electron chi connectivity index (χ0n) is 13.5. The maximum atomic E-state index is 12.3. The highest BCUT2D eigenvalue weighted by Gasteiger charge is 2.21. The summed E-state index contributed by atoms with van der Waals surface area (Å²) in [5, 5.41) is 24.3. The van der Waals surface area contributed by atoms with Gasteiger partial charge in [-0.15, -0.1) is 0 Å². The van der Waals surface area contributed by atoms with Gasteiger partial charge in [0.05, 0.1) is 15.5 Å². The lowest BCUT2D eigenvalue weighted by Gasteiger charge is -2.15. The Morgan fingerprint density at radius 2 is 1.80 bits per heavy atom. The van der Waals surface area contributed by atoms with E-state index in [4.69, 9.17) is 4.74 Å². The minimum atomic E-state index is -1.04. The van der Waals surface area contributed by atoms with Gasteiger partial charge in [-0.3, -0.25) is 25.0 Å². The van der Waals surface area contributed by atoms with Crippen molar-refractivity contribution in [3.8, 4) is 5.75 Å². The molecule has 0 aromatic heterocycles. The SMILES string of the molecule is Cc1ccc([N+](=O)[O-])cc1NC(=O)[C@H](C)Oc1ccccc1[N+](=O)[O-]. The average molecular weight is 345 g/mol. The second-order valence-corrected chi connectivity index (χ2v) is 5.23. The van der Waals surface area contributed by atoms with Crippen LogP contribution in [0.3, 0.4) is 0 Å². The number of hydrogen-bond acceptors (Lipinski definition) is 6. The van der Waals surface area contributed by atoms with Crippen molar-refractivity contribution in [2.45, 2.75) is 20.0 Å². The zero-order valence-corrected chi connectivity index (χ0v) is 13.5. The van der Waals surface area contributed by atoms with Gasteiger partial charge in [0.25, 0.3) is 11.6 Å². The van der Waals surface area contributed by atoms with Crippen molar-refractivity contribution in [3.05, 3.63) is 68.3 Å². The van der Waals surface area contributed by atoms with E-state index in [-0.39, 0.29) is 22.8 Å². The number of hydrogen-bond donors (Lipinski definition) is 1. The molecule has 1 amide bonds. The van der Waals surface area contributed by atoms with Gasteiger partial charge in [0.15, 0.2) is 11.9 Å². The molecule has 2 rings (SSSR count). The van der Waals surface area contributed by atoms with E-state index in [2.05, 4.69) is 5.32 Å². The standard InChI is InChI=1S/C16H15N3O6/c1-10-7-8-12(18(21)22)9-13(10)17-16(20)11(2)25-15-6-4-3-5-14(15)19(23)24/h3-9,11H,1-2H3,(H,17,20)/t11-/m0/s1. The molecule has 0 aliphatic heterocycles. The van der Waals surface area contributed by atoms with Crippen LogP contribution in [0, 0.1) is 27.2 Å². The predicted molar refractivity (Wildman–Crippen MR) is 89.6 cm³/mol. The smallest absolute Gasteiger partial charge is 0.310 e. The molecule has 25 heavy (non-hydrogen) atoms. The van der Waals surface area contributed by atoms with E-state index in [1.165, 1.54) is 43.3 Å². The van der Waals surface area contributed by atoms with Crippen LogP contribution in [0.2, 0.25) is 0 Å². The molecule has 130 valence electrons.